The average molecular weight is 392 g/mol. The second-order valence-corrected chi connectivity index (χ2v) is 6.56. The molecule has 0 saturated heterocycles. The van der Waals surface area contributed by atoms with Crippen LogP contribution in [-0.4, -0.2) is 42.0 Å². The first-order chi connectivity index (χ1) is 14.0. The molecule has 0 aliphatic rings. The maximum atomic E-state index is 12.9. The lowest BCUT2D eigenvalue weighted by atomic mass is 10.2. The summed E-state index contributed by atoms with van der Waals surface area (Å²) in [6, 6.07) is 16.9. The van der Waals surface area contributed by atoms with Crippen molar-refractivity contribution in [3.05, 3.63) is 71.5 Å². The quantitative estimate of drug-likeness (QED) is 0.659. The molecular formula is C22H24N4O3. The minimum absolute atomic E-state index is 0.177. The van der Waals surface area contributed by atoms with Crippen LogP contribution in [0.1, 0.15) is 21.7 Å². The molecule has 29 heavy (non-hydrogen) atoms. The first-order valence-electron chi connectivity index (χ1n) is 9.14. The molecule has 1 aromatic heterocycles. The zero-order valence-electron chi connectivity index (χ0n) is 17.0. The maximum Gasteiger partial charge on any atom is 0.272 e. The largest absolute Gasteiger partial charge is 0.497 e. The Hall–Kier alpha value is -3.61. The summed E-state index contributed by atoms with van der Waals surface area (Å²) in [6.07, 6.45) is 0. The number of hydrogen-bond donors (Lipinski definition) is 1. The minimum atomic E-state index is -0.177. The number of aryl methyl sites for hydroxylation is 1. The van der Waals surface area contributed by atoms with Gasteiger partial charge in [-0.25, -0.2) is 9.97 Å². The lowest BCUT2D eigenvalue weighted by Crippen LogP contribution is -2.27. The summed E-state index contributed by atoms with van der Waals surface area (Å²) < 4.78 is 10.6. The molecule has 150 valence electrons. The molecule has 0 bridgehead atoms. The highest BCUT2D eigenvalue weighted by Crippen LogP contribution is 2.30. The van der Waals surface area contributed by atoms with Crippen LogP contribution in [0, 0.1) is 6.92 Å². The molecule has 1 N–H and O–H groups in total. The topological polar surface area (TPSA) is 76.6 Å². The first kappa shape index (κ1) is 20.1. The molecule has 1 heterocycles. The summed E-state index contributed by atoms with van der Waals surface area (Å²) in [5.74, 6) is 1.41. The molecule has 0 atom stereocenters. The maximum absolute atomic E-state index is 12.9. The van der Waals surface area contributed by atoms with Gasteiger partial charge in [-0.2, -0.15) is 0 Å². The molecule has 0 unspecified atom stereocenters. The minimum Gasteiger partial charge on any atom is -0.497 e. The second-order valence-electron chi connectivity index (χ2n) is 6.56. The Balaban J connectivity index is 1.82. The van der Waals surface area contributed by atoms with E-state index in [9.17, 15) is 4.79 Å². The van der Waals surface area contributed by atoms with Gasteiger partial charge in [0.1, 0.15) is 17.2 Å². The summed E-state index contributed by atoms with van der Waals surface area (Å²) in [7, 11) is 4.92. The van der Waals surface area contributed by atoms with E-state index >= 15 is 0 Å². The lowest BCUT2D eigenvalue weighted by molar-refractivity contribution is 0.0779. The number of aromatic nitrogens is 2. The molecule has 7 heteroatoms. The van der Waals surface area contributed by atoms with Gasteiger partial charge in [-0.3, -0.25) is 4.79 Å². The van der Waals surface area contributed by atoms with Crippen molar-refractivity contribution in [2.75, 3.05) is 26.6 Å². The Labute approximate surface area is 170 Å². The molecule has 0 aliphatic heterocycles. The predicted molar refractivity (Wildman–Crippen MR) is 112 cm³/mol. The average Bonchev–Trinajstić information content (AvgIpc) is 2.73. The fourth-order valence-corrected chi connectivity index (χ4v) is 2.88. The Morgan fingerprint density at radius 1 is 1.03 bits per heavy atom. The number of carbonyl (C=O) groups excluding carboxylic acids is 1. The van der Waals surface area contributed by atoms with E-state index in [1.165, 1.54) is 0 Å². The van der Waals surface area contributed by atoms with Crippen LogP contribution in [0.5, 0.6) is 11.5 Å². The summed E-state index contributed by atoms with van der Waals surface area (Å²) in [5, 5.41) is 3.13. The summed E-state index contributed by atoms with van der Waals surface area (Å²) in [5.41, 5.74) is 2.74. The molecule has 0 radical (unpaired) electrons. The van der Waals surface area contributed by atoms with Gasteiger partial charge in [-0.05, 0) is 30.7 Å². The fourth-order valence-electron chi connectivity index (χ4n) is 2.88. The molecule has 0 spiro atoms. The number of anilines is 2. The Kier molecular flexibility index (Phi) is 6.29. The third-order valence-corrected chi connectivity index (χ3v) is 4.34. The second kappa shape index (κ2) is 9.05. The smallest absolute Gasteiger partial charge is 0.272 e. The molecule has 3 rings (SSSR count). The van der Waals surface area contributed by atoms with Crippen molar-refractivity contribution < 1.29 is 14.3 Å². The number of benzene rings is 2. The monoisotopic (exact) mass is 392 g/mol. The van der Waals surface area contributed by atoms with Gasteiger partial charge in [0.2, 0.25) is 5.95 Å². The summed E-state index contributed by atoms with van der Waals surface area (Å²) >= 11 is 0. The van der Waals surface area contributed by atoms with Crippen LogP contribution in [-0.2, 0) is 6.54 Å². The van der Waals surface area contributed by atoms with Gasteiger partial charge < -0.3 is 19.7 Å². The molecule has 1 amide bonds. The molecule has 3 aromatic rings. The Morgan fingerprint density at radius 3 is 2.48 bits per heavy atom. The first-order valence-corrected chi connectivity index (χ1v) is 9.14. The predicted octanol–water partition coefficient (Wildman–Crippen LogP) is 3.82. The van der Waals surface area contributed by atoms with Crippen LogP contribution in [0.4, 0.5) is 11.6 Å². The Bertz CT molecular complexity index is 993. The number of nitrogens with one attached hydrogen (secondary N) is 1. The van der Waals surface area contributed by atoms with Gasteiger partial charge >= 0.3 is 0 Å². The zero-order valence-corrected chi connectivity index (χ0v) is 17.0. The number of nitrogens with zero attached hydrogens (tertiary/aromatic N) is 3. The summed E-state index contributed by atoms with van der Waals surface area (Å²) in [6.45, 7) is 2.32. The molecule has 7 nitrogen and oxygen atoms in total. The van der Waals surface area contributed by atoms with E-state index in [4.69, 9.17) is 9.47 Å². The standard InChI is InChI=1S/C22H24N4O3/c1-15-12-19(21(27)26(2)14-16-8-6-5-7-9-16)25-22(23-15)24-18-11-10-17(28-3)13-20(18)29-4/h5-13H,14H2,1-4H3,(H,23,24,25). The van der Waals surface area contributed by atoms with Gasteiger partial charge in [0.05, 0.1) is 19.9 Å². The van der Waals surface area contributed by atoms with Crippen molar-refractivity contribution in [2.24, 2.45) is 0 Å². The number of hydrogen-bond acceptors (Lipinski definition) is 6. The molecule has 0 fully saturated rings. The van der Waals surface area contributed by atoms with Gasteiger partial charge in [0.25, 0.3) is 5.91 Å². The summed E-state index contributed by atoms with van der Waals surface area (Å²) in [4.78, 5) is 23.3. The van der Waals surface area contributed by atoms with Crippen molar-refractivity contribution >= 4 is 17.5 Å². The third kappa shape index (κ3) is 5.01. The van der Waals surface area contributed by atoms with Crippen molar-refractivity contribution in [3.63, 3.8) is 0 Å². The lowest BCUT2D eigenvalue weighted by Gasteiger charge is -2.18. The SMILES string of the molecule is COc1ccc(Nc2nc(C)cc(C(=O)N(C)Cc3ccccc3)n2)c(OC)c1. The highest BCUT2D eigenvalue weighted by atomic mass is 16.5. The van der Waals surface area contributed by atoms with Crippen molar-refractivity contribution in [1.29, 1.82) is 0 Å². The zero-order chi connectivity index (χ0) is 20.8. The van der Waals surface area contributed by atoms with Crippen molar-refractivity contribution in [3.8, 4) is 11.5 Å². The van der Waals surface area contributed by atoms with E-state index in [1.54, 1.807) is 44.4 Å². The number of rotatable bonds is 7. The van der Waals surface area contributed by atoms with Crippen LogP contribution in [0.25, 0.3) is 0 Å². The molecule has 2 aromatic carbocycles. The van der Waals surface area contributed by atoms with E-state index < -0.39 is 0 Å². The van der Waals surface area contributed by atoms with Crippen LogP contribution >= 0.6 is 0 Å². The normalized spacial score (nSPS) is 10.3. The highest BCUT2D eigenvalue weighted by molar-refractivity contribution is 5.92. The third-order valence-electron chi connectivity index (χ3n) is 4.34. The van der Waals surface area contributed by atoms with E-state index in [0.717, 1.165) is 5.56 Å². The van der Waals surface area contributed by atoms with Gasteiger partial charge in [-0.15, -0.1) is 0 Å². The highest BCUT2D eigenvalue weighted by Gasteiger charge is 2.16. The van der Waals surface area contributed by atoms with Crippen LogP contribution < -0.4 is 14.8 Å². The van der Waals surface area contributed by atoms with Crippen LogP contribution in [0.3, 0.4) is 0 Å². The van der Waals surface area contributed by atoms with E-state index in [1.807, 2.05) is 43.3 Å². The van der Waals surface area contributed by atoms with Gasteiger partial charge in [0.15, 0.2) is 0 Å². The van der Waals surface area contributed by atoms with Crippen molar-refractivity contribution in [2.45, 2.75) is 13.5 Å². The van der Waals surface area contributed by atoms with E-state index in [0.29, 0.717) is 41.1 Å². The Morgan fingerprint density at radius 2 is 1.79 bits per heavy atom. The fraction of sp³-hybridized carbons (Fsp3) is 0.227. The van der Waals surface area contributed by atoms with Crippen LogP contribution in [0.15, 0.2) is 54.6 Å². The molecular weight excluding hydrogens is 368 g/mol. The van der Waals surface area contributed by atoms with Crippen LogP contribution in [0.2, 0.25) is 0 Å². The van der Waals surface area contributed by atoms with Crippen molar-refractivity contribution in [1.82, 2.24) is 14.9 Å². The van der Waals surface area contributed by atoms with Gasteiger partial charge in [-0.1, -0.05) is 30.3 Å². The number of amides is 1. The molecule has 0 aliphatic carbocycles. The van der Waals surface area contributed by atoms with E-state index in [2.05, 4.69) is 15.3 Å². The molecule has 0 saturated carbocycles. The number of methoxy groups -OCH3 is 2. The van der Waals surface area contributed by atoms with E-state index in [-0.39, 0.29) is 5.91 Å². The number of ether oxygens (including phenoxy) is 2. The van der Waals surface area contributed by atoms with Gasteiger partial charge in [0, 0.05) is 25.4 Å². The number of carbonyl (C=O) groups is 1.